The molecule has 5 heteroatoms. The molecule has 4 N–H and O–H groups in total. The summed E-state index contributed by atoms with van der Waals surface area (Å²) in [6.07, 6.45) is 0. The van der Waals surface area contributed by atoms with Crippen LogP contribution in [0.1, 0.15) is 21.6 Å². The van der Waals surface area contributed by atoms with Gasteiger partial charge in [0.25, 0.3) is 0 Å². The first kappa shape index (κ1) is 13.2. The lowest BCUT2D eigenvalue weighted by atomic mass is 10.1. The van der Waals surface area contributed by atoms with E-state index < -0.39 is 0 Å². The summed E-state index contributed by atoms with van der Waals surface area (Å²) in [5.74, 6) is 4.99. The third kappa shape index (κ3) is 2.46. The minimum Gasteiger partial charge on any atom is -0.508 e. The number of H-pyrrole nitrogens is 1. The van der Waals surface area contributed by atoms with Gasteiger partial charge in [0, 0.05) is 22.5 Å². The van der Waals surface area contributed by atoms with Gasteiger partial charge in [0.05, 0.1) is 5.69 Å². The van der Waals surface area contributed by atoms with E-state index in [2.05, 4.69) is 9.82 Å². The number of phenolic OH excluding ortho intramolecular Hbond substituents is 1. The lowest BCUT2D eigenvalue weighted by Crippen LogP contribution is -2.05. The Morgan fingerprint density at radius 3 is 2.76 bits per heavy atom. The number of hydrogen-bond acceptors (Lipinski definition) is 4. The van der Waals surface area contributed by atoms with Crippen molar-refractivity contribution in [3.05, 3.63) is 59.3 Å². The highest BCUT2D eigenvalue weighted by molar-refractivity contribution is 6.10. The molecule has 3 rings (SSSR count). The Bertz CT molecular complexity index is 837. The van der Waals surface area contributed by atoms with Crippen LogP contribution in [0, 0.1) is 6.92 Å². The zero-order valence-corrected chi connectivity index (χ0v) is 11.4. The van der Waals surface area contributed by atoms with Gasteiger partial charge in [-0.1, -0.05) is 11.6 Å². The fraction of sp³-hybridized carbons (Fsp3) is 0.0625. The summed E-state index contributed by atoms with van der Waals surface area (Å²) in [5, 5.41) is 10.6. The topological polar surface area (TPSA) is 88.3 Å². The Morgan fingerprint density at radius 2 is 2.00 bits per heavy atom. The van der Waals surface area contributed by atoms with Crippen molar-refractivity contribution < 1.29 is 14.7 Å². The van der Waals surface area contributed by atoms with Gasteiger partial charge in [-0.25, -0.2) is 0 Å². The van der Waals surface area contributed by atoms with E-state index in [0.29, 0.717) is 11.3 Å². The number of phenols is 1. The van der Waals surface area contributed by atoms with Crippen molar-refractivity contribution in [2.45, 2.75) is 6.92 Å². The standard InChI is InChI=1S/C16H14N2O3/c1-9-2-3-14-10(4-9)7-15(18-14)16(20)11-5-12(19)8-13(6-11)21-17/h2-8,18-19H,17H2,1H3. The van der Waals surface area contributed by atoms with Crippen LogP contribution in [0.15, 0.2) is 42.5 Å². The van der Waals surface area contributed by atoms with E-state index in [1.54, 1.807) is 6.07 Å². The Balaban J connectivity index is 2.05. The van der Waals surface area contributed by atoms with Crippen LogP contribution in [0.4, 0.5) is 0 Å². The van der Waals surface area contributed by atoms with Gasteiger partial charge < -0.3 is 14.9 Å². The molecule has 1 heterocycles. The average molecular weight is 282 g/mol. The van der Waals surface area contributed by atoms with E-state index >= 15 is 0 Å². The molecule has 3 aromatic rings. The summed E-state index contributed by atoms with van der Waals surface area (Å²) in [6.45, 7) is 1.99. The Labute approximate surface area is 120 Å². The van der Waals surface area contributed by atoms with Crippen LogP contribution < -0.4 is 10.7 Å². The predicted octanol–water partition coefficient (Wildman–Crippen LogP) is 2.67. The van der Waals surface area contributed by atoms with Gasteiger partial charge in [-0.15, -0.1) is 0 Å². The van der Waals surface area contributed by atoms with Crippen LogP contribution in [0.2, 0.25) is 0 Å². The van der Waals surface area contributed by atoms with Gasteiger partial charge in [-0.3, -0.25) is 4.79 Å². The van der Waals surface area contributed by atoms with Gasteiger partial charge in [0.15, 0.2) is 5.75 Å². The van der Waals surface area contributed by atoms with Crippen molar-refractivity contribution in [1.29, 1.82) is 0 Å². The molecule has 2 aromatic carbocycles. The molecule has 0 aliphatic heterocycles. The minimum absolute atomic E-state index is 0.0757. The molecule has 0 aliphatic rings. The smallest absolute Gasteiger partial charge is 0.209 e. The summed E-state index contributed by atoms with van der Waals surface area (Å²) >= 11 is 0. The zero-order valence-electron chi connectivity index (χ0n) is 11.4. The lowest BCUT2D eigenvalue weighted by Gasteiger charge is -2.03. The summed E-state index contributed by atoms with van der Waals surface area (Å²) in [6, 6.07) is 11.9. The van der Waals surface area contributed by atoms with Crippen LogP contribution in [0.3, 0.4) is 0 Å². The Morgan fingerprint density at radius 1 is 1.19 bits per heavy atom. The maximum Gasteiger partial charge on any atom is 0.209 e. The van der Waals surface area contributed by atoms with Crippen molar-refractivity contribution >= 4 is 16.7 Å². The number of rotatable bonds is 3. The quantitative estimate of drug-likeness (QED) is 0.509. The van der Waals surface area contributed by atoms with Crippen LogP contribution >= 0.6 is 0 Å². The number of aromatic amines is 1. The van der Waals surface area contributed by atoms with Gasteiger partial charge in [0.1, 0.15) is 5.75 Å². The maximum atomic E-state index is 12.5. The van der Waals surface area contributed by atoms with E-state index in [4.69, 9.17) is 5.90 Å². The largest absolute Gasteiger partial charge is 0.508 e. The third-order valence-electron chi connectivity index (χ3n) is 3.31. The molecule has 0 saturated heterocycles. The minimum atomic E-state index is -0.238. The molecule has 0 spiro atoms. The van der Waals surface area contributed by atoms with E-state index in [0.717, 1.165) is 16.5 Å². The molecule has 0 atom stereocenters. The van der Waals surface area contributed by atoms with Crippen molar-refractivity contribution in [3.63, 3.8) is 0 Å². The molecular weight excluding hydrogens is 268 g/mol. The van der Waals surface area contributed by atoms with Crippen molar-refractivity contribution in [3.8, 4) is 11.5 Å². The molecule has 0 amide bonds. The SMILES string of the molecule is Cc1ccc2[nH]c(C(=O)c3cc(O)cc(ON)c3)cc2c1. The number of aromatic hydroxyl groups is 1. The van der Waals surface area contributed by atoms with E-state index in [-0.39, 0.29) is 17.3 Å². The number of aryl methyl sites for hydroxylation is 1. The number of nitrogens with one attached hydrogen (secondary N) is 1. The predicted molar refractivity (Wildman–Crippen MR) is 79.4 cm³/mol. The average Bonchev–Trinajstić information content (AvgIpc) is 2.88. The van der Waals surface area contributed by atoms with Crippen LogP contribution in [0.25, 0.3) is 10.9 Å². The molecule has 0 aliphatic carbocycles. The number of ketones is 1. The second kappa shape index (κ2) is 4.96. The molecule has 0 radical (unpaired) electrons. The molecule has 0 fully saturated rings. The second-order valence-electron chi connectivity index (χ2n) is 4.94. The molecule has 0 unspecified atom stereocenters. The Hall–Kier alpha value is -2.79. The monoisotopic (exact) mass is 282 g/mol. The van der Waals surface area contributed by atoms with Crippen LogP contribution in [-0.4, -0.2) is 15.9 Å². The highest BCUT2D eigenvalue weighted by Gasteiger charge is 2.14. The first-order valence-corrected chi connectivity index (χ1v) is 6.41. The zero-order chi connectivity index (χ0) is 15.0. The summed E-state index contributed by atoms with van der Waals surface area (Å²) in [4.78, 5) is 20.1. The molecule has 0 bridgehead atoms. The molecule has 106 valence electrons. The van der Waals surface area contributed by atoms with Gasteiger partial charge in [-0.2, -0.15) is 5.90 Å². The number of fused-ring (bicyclic) bond motifs is 1. The highest BCUT2D eigenvalue weighted by Crippen LogP contribution is 2.24. The second-order valence-corrected chi connectivity index (χ2v) is 4.94. The maximum absolute atomic E-state index is 12.5. The number of nitrogens with two attached hydrogens (primary N) is 1. The van der Waals surface area contributed by atoms with Crippen molar-refractivity contribution in [2.24, 2.45) is 5.90 Å². The first-order valence-electron chi connectivity index (χ1n) is 6.41. The molecular formula is C16H14N2O3. The van der Waals surface area contributed by atoms with Crippen molar-refractivity contribution in [1.82, 2.24) is 4.98 Å². The van der Waals surface area contributed by atoms with Gasteiger partial charge in [-0.05, 0) is 37.3 Å². The Kier molecular flexibility index (Phi) is 3.12. The number of carbonyl (C=O) groups is 1. The molecule has 1 aromatic heterocycles. The van der Waals surface area contributed by atoms with Crippen LogP contribution in [0.5, 0.6) is 11.5 Å². The summed E-state index contributed by atoms with van der Waals surface area (Å²) < 4.78 is 0. The van der Waals surface area contributed by atoms with Crippen LogP contribution in [-0.2, 0) is 0 Å². The summed E-state index contributed by atoms with van der Waals surface area (Å²) in [5.41, 5.74) is 2.76. The van der Waals surface area contributed by atoms with Gasteiger partial charge in [0.2, 0.25) is 5.78 Å². The first-order chi connectivity index (χ1) is 10.1. The molecule has 21 heavy (non-hydrogen) atoms. The fourth-order valence-electron chi connectivity index (χ4n) is 2.31. The molecule has 0 saturated carbocycles. The van der Waals surface area contributed by atoms with E-state index in [9.17, 15) is 9.90 Å². The highest BCUT2D eigenvalue weighted by atomic mass is 16.6. The normalized spacial score (nSPS) is 10.8. The third-order valence-corrected chi connectivity index (χ3v) is 3.31. The fourth-order valence-corrected chi connectivity index (χ4v) is 2.31. The summed E-state index contributed by atoms with van der Waals surface area (Å²) in [7, 11) is 0. The molecule has 5 nitrogen and oxygen atoms in total. The number of carbonyl (C=O) groups excluding carboxylic acids is 1. The number of aromatic nitrogens is 1. The lowest BCUT2D eigenvalue weighted by molar-refractivity contribution is 0.103. The number of benzene rings is 2. The van der Waals surface area contributed by atoms with Gasteiger partial charge >= 0.3 is 0 Å². The van der Waals surface area contributed by atoms with E-state index in [1.807, 2.05) is 25.1 Å². The number of hydrogen-bond donors (Lipinski definition) is 3. The van der Waals surface area contributed by atoms with Crippen molar-refractivity contribution in [2.75, 3.05) is 0 Å². The van der Waals surface area contributed by atoms with E-state index in [1.165, 1.54) is 18.2 Å².